The number of aromatic nitrogens is 1. The molecular weight excluding hydrogens is 334 g/mol. The summed E-state index contributed by atoms with van der Waals surface area (Å²) in [5.41, 5.74) is 0. The first-order valence-electron chi connectivity index (χ1n) is 9.06. The predicted molar refractivity (Wildman–Crippen MR) is 101 cm³/mol. The molecule has 3 heterocycles. The minimum atomic E-state index is 0.622. The van der Waals surface area contributed by atoms with Gasteiger partial charge in [-0.15, -0.1) is 0 Å². The van der Waals surface area contributed by atoms with Crippen molar-refractivity contribution >= 4 is 17.4 Å². The van der Waals surface area contributed by atoms with Gasteiger partial charge in [-0.1, -0.05) is 29.8 Å². The number of para-hydroxylation sites is 1. The lowest BCUT2D eigenvalue weighted by Gasteiger charge is -2.46. The van der Waals surface area contributed by atoms with Crippen molar-refractivity contribution in [2.24, 2.45) is 5.92 Å². The first-order chi connectivity index (χ1) is 12.3. The summed E-state index contributed by atoms with van der Waals surface area (Å²) in [6.45, 7) is 5.13. The van der Waals surface area contributed by atoms with Gasteiger partial charge < -0.3 is 9.64 Å². The van der Waals surface area contributed by atoms with Gasteiger partial charge in [-0.05, 0) is 37.1 Å². The molecule has 2 aliphatic heterocycles. The molecule has 2 atom stereocenters. The van der Waals surface area contributed by atoms with E-state index in [1.54, 1.807) is 6.20 Å². The summed E-state index contributed by atoms with van der Waals surface area (Å²) in [5.74, 6) is 2.64. The van der Waals surface area contributed by atoms with Crippen LogP contribution in [0, 0.1) is 5.92 Å². The second-order valence-electron chi connectivity index (χ2n) is 7.00. The monoisotopic (exact) mass is 357 g/mol. The van der Waals surface area contributed by atoms with Crippen LogP contribution in [0.5, 0.6) is 5.75 Å². The summed E-state index contributed by atoms with van der Waals surface area (Å²) in [4.78, 5) is 9.49. The molecule has 2 aliphatic rings. The summed E-state index contributed by atoms with van der Waals surface area (Å²) in [6.07, 6.45) is 4.20. The number of benzene rings is 1. The number of fused-ring (bicyclic) bond motifs is 1. The van der Waals surface area contributed by atoms with Gasteiger partial charge in [0, 0.05) is 44.3 Å². The van der Waals surface area contributed by atoms with Crippen LogP contribution < -0.4 is 9.64 Å². The number of piperazine rings is 1. The lowest BCUT2D eigenvalue weighted by atomic mass is 9.91. The second kappa shape index (κ2) is 7.63. The van der Waals surface area contributed by atoms with E-state index in [1.807, 2.05) is 42.5 Å². The smallest absolute Gasteiger partial charge is 0.128 e. The van der Waals surface area contributed by atoms with Gasteiger partial charge in [-0.3, -0.25) is 4.90 Å². The molecule has 2 unspecified atom stereocenters. The number of pyridine rings is 1. The third-order valence-electron chi connectivity index (χ3n) is 5.27. The molecule has 5 heteroatoms. The second-order valence-corrected chi connectivity index (χ2v) is 7.43. The van der Waals surface area contributed by atoms with E-state index in [1.165, 1.54) is 12.8 Å². The van der Waals surface area contributed by atoms with Crippen molar-refractivity contribution in [1.29, 1.82) is 0 Å². The summed E-state index contributed by atoms with van der Waals surface area (Å²) in [5, 5.41) is 0.696. The van der Waals surface area contributed by atoms with E-state index in [4.69, 9.17) is 16.3 Å². The molecule has 0 radical (unpaired) electrons. The van der Waals surface area contributed by atoms with E-state index < -0.39 is 0 Å². The molecule has 0 spiro atoms. The van der Waals surface area contributed by atoms with E-state index in [0.717, 1.165) is 44.4 Å². The minimum absolute atomic E-state index is 0.622. The van der Waals surface area contributed by atoms with Gasteiger partial charge in [0.1, 0.15) is 11.6 Å². The zero-order valence-corrected chi connectivity index (χ0v) is 15.1. The quantitative estimate of drug-likeness (QED) is 0.834. The molecule has 0 bridgehead atoms. The van der Waals surface area contributed by atoms with Crippen molar-refractivity contribution in [3.05, 3.63) is 53.7 Å². The summed E-state index contributed by atoms with van der Waals surface area (Å²) < 4.78 is 5.97. The standard InChI is InChI=1S/C20H24ClN3O/c21-17-7-9-20(22-12-17)24-11-10-23-13-16(6-8-18(23)14-24)15-25-19-4-2-1-3-5-19/h1-5,7,9,12,16,18H,6,8,10-11,13-15H2. The topological polar surface area (TPSA) is 28.6 Å². The third-order valence-corrected chi connectivity index (χ3v) is 5.49. The zero-order valence-electron chi connectivity index (χ0n) is 14.4. The molecule has 1 aromatic heterocycles. The number of halogens is 1. The fourth-order valence-electron chi connectivity index (χ4n) is 3.89. The van der Waals surface area contributed by atoms with Crippen LogP contribution >= 0.6 is 11.6 Å². The van der Waals surface area contributed by atoms with Crippen LogP contribution in [0.15, 0.2) is 48.7 Å². The van der Waals surface area contributed by atoms with Crippen LogP contribution in [0.2, 0.25) is 5.02 Å². The van der Waals surface area contributed by atoms with Crippen molar-refractivity contribution in [3.8, 4) is 5.75 Å². The zero-order chi connectivity index (χ0) is 17.1. The Morgan fingerprint density at radius 2 is 1.92 bits per heavy atom. The number of hydrogen-bond acceptors (Lipinski definition) is 4. The van der Waals surface area contributed by atoms with Crippen molar-refractivity contribution in [3.63, 3.8) is 0 Å². The molecule has 2 aromatic rings. The molecule has 4 nitrogen and oxygen atoms in total. The Morgan fingerprint density at radius 3 is 2.72 bits per heavy atom. The summed E-state index contributed by atoms with van der Waals surface area (Å²) in [6, 6.07) is 14.7. The van der Waals surface area contributed by atoms with E-state index >= 15 is 0 Å². The maximum atomic E-state index is 5.97. The Hall–Kier alpha value is -1.78. The van der Waals surface area contributed by atoms with Gasteiger partial charge >= 0.3 is 0 Å². The number of ether oxygens (including phenoxy) is 1. The van der Waals surface area contributed by atoms with E-state index in [2.05, 4.69) is 14.8 Å². The lowest BCUT2D eigenvalue weighted by Crippen LogP contribution is -2.57. The average Bonchev–Trinajstić information content (AvgIpc) is 2.67. The predicted octanol–water partition coefficient (Wildman–Crippen LogP) is 3.71. The third kappa shape index (κ3) is 4.07. The molecule has 2 saturated heterocycles. The highest BCUT2D eigenvalue weighted by Crippen LogP contribution is 2.27. The number of nitrogens with zero attached hydrogens (tertiary/aromatic N) is 3. The Labute approximate surface area is 154 Å². The highest BCUT2D eigenvalue weighted by atomic mass is 35.5. The van der Waals surface area contributed by atoms with Gasteiger partial charge in [0.05, 0.1) is 11.6 Å². The average molecular weight is 358 g/mol. The molecule has 0 saturated carbocycles. The Balaban J connectivity index is 1.30. The van der Waals surface area contributed by atoms with Crippen molar-refractivity contribution in [2.75, 3.05) is 37.7 Å². The van der Waals surface area contributed by atoms with Gasteiger partial charge in [0.2, 0.25) is 0 Å². The Kier molecular flexibility index (Phi) is 5.09. The van der Waals surface area contributed by atoms with Crippen LogP contribution in [0.3, 0.4) is 0 Å². The largest absolute Gasteiger partial charge is 0.493 e. The number of anilines is 1. The molecule has 0 aliphatic carbocycles. The van der Waals surface area contributed by atoms with Gasteiger partial charge in [-0.25, -0.2) is 4.98 Å². The van der Waals surface area contributed by atoms with Crippen LogP contribution in [0.4, 0.5) is 5.82 Å². The van der Waals surface area contributed by atoms with Crippen LogP contribution in [-0.4, -0.2) is 48.7 Å². The SMILES string of the molecule is Clc1ccc(N2CCN3CC(COc4ccccc4)CCC3C2)nc1. The molecule has 1 aromatic carbocycles. The van der Waals surface area contributed by atoms with E-state index in [-0.39, 0.29) is 0 Å². The van der Waals surface area contributed by atoms with E-state index in [0.29, 0.717) is 17.0 Å². The maximum absolute atomic E-state index is 5.97. The van der Waals surface area contributed by atoms with Gasteiger partial charge in [-0.2, -0.15) is 0 Å². The van der Waals surface area contributed by atoms with Crippen LogP contribution in [0.1, 0.15) is 12.8 Å². The van der Waals surface area contributed by atoms with Crippen LogP contribution in [-0.2, 0) is 0 Å². The van der Waals surface area contributed by atoms with Gasteiger partial charge in [0.15, 0.2) is 0 Å². The molecule has 0 N–H and O–H groups in total. The molecule has 2 fully saturated rings. The Bertz CT molecular complexity index is 679. The highest BCUT2D eigenvalue weighted by molar-refractivity contribution is 6.30. The van der Waals surface area contributed by atoms with Crippen molar-refractivity contribution < 1.29 is 4.74 Å². The van der Waals surface area contributed by atoms with Crippen molar-refractivity contribution in [2.45, 2.75) is 18.9 Å². The fraction of sp³-hybridized carbons (Fsp3) is 0.450. The molecular formula is C20H24ClN3O. The normalized spacial score (nSPS) is 24.0. The molecule has 0 amide bonds. The number of hydrogen-bond donors (Lipinski definition) is 0. The van der Waals surface area contributed by atoms with Crippen molar-refractivity contribution in [1.82, 2.24) is 9.88 Å². The Morgan fingerprint density at radius 1 is 1.04 bits per heavy atom. The molecule has 25 heavy (non-hydrogen) atoms. The minimum Gasteiger partial charge on any atom is -0.493 e. The van der Waals surface area contributed by atoms with E-state index in [9.17, 15) is 0 Å². The van der Waals surface area contributed by atoms with Crippen LogP contribution in [0.25, 0.3) is 0 Å². The summed E-state index contributed by atoms with van der Waals surface area (Å²) >= 11 is 5.95. The first-order valence-corrected chi connectivity index (χ1v) is 9.44. The maximum Gasteiger partial charge on any atom is 0.128 e. The number of rotatable bonds is 4. The first kappa shape index (κ1) is 16.7. The number of piperidine rings is 1. The fourth-order valence-corrected chi connectivity index (χ4v) is 4.00. The highest BCUT2D eigenvalue weighted by Gasteiger charge is 2.33. The molecule has 4 rings (SSSR count). The van der Waals surface area contributed by atoms with Gasteiger partial charge in [0.25, 0.3) is 0 Å². The lowest BCUT2D eigenvalue weighted by molar-refractivity contribution is 0.0728. The molecule has 132 valence electrons. The summed E-state index contributed by atoms with van der Waals surface area (Å²) in [7, 11) is 0.